The molecular formula is C16H16BrNO2. The van der Waals surface area contributed by atoms with Gasteiger partial charge in [-0.05, 0) is 42.3 Å². The normalized spacial score (nSPS) is 11.9. The summed E-state index contributed by atoms with van der Waals surface area (Å²) in [5.41, 5.74) is 2.44. The molecule has 0 bridgehead atoms. The highest BCUT2D eigenvalue weighted by Gasteiger charge is 2.06. The number of aliphatic hydroxyl groups excluding tert-OH is 1. The van der Waals surface area contributed by atoms with E-state index in [0.717, 1.165) is 15.6 Å². The number of amides is 1. The van der Waals surface area contributed by atoms with Crippen LogP contribution in [0.2, 0.25) is 0 Å². The molecule has 2 rings (SSSR count). The van der Waals surface area contributed by atoms with Gasteiger partial charge in [-0.3, -0.25) is 4.79 Å². The van der Waals surface area contributed by atoms with Gasteiger partial charge in [-0.2, -0.15) is 0 Å². The quantitative estimate of drug-likeness (QED) is 0.896. The van der Waals surface area contributed by atoms with Gasteiger partial charge in [0, 0.05) is 10.2 Å². The number of halogens is 1. The number of rotatable bonds is 4. The first kappa shape index (κ1) is 14.8. The predicted octanol–water partition coefficient (Wildman–Crippen LogP) is 3.68. The maximum atomic E-state index is 12.0. The van der Waals surface area contributed by atoms with E-state index in [1.54, 1.807) is 13.0 Å². The Hall–Kier alpha value is -1.65. The van der Waals surface area contributed by atoms with Crippen LogP contribution in [0, 0.1) is 0 Å². The molecule has 3 nitrogen and oxygen atoms in total. The van der Waals surface area contributed by atoms with E-state index < -0.39 is 6.10 Å². The van der Waals surface area contributed by atoms with E-state index in [4.69, 9.17) is 0 Å². The van der Waals surface area contributed by atoms with Crippen LogP contribution in [0.3, 0.4) is 0 Å². The average molecular weight is 334 g/mol. The first-order chi connectivity index (χ1) is 9.54. The second-order valence-corrected chi connectivity index (χ2v) is 5.57. The number of nitrogens with one attached hydrogen (secondary N) is 1. The summed E-state index contributed by atoms with van der Waals surface area (Å²) >= 11 is 3.36. The van der Waals surface area contributed by atoms with Crippen LogP contribution >= 0.6 is 15.9 Å². The number of carbonyl (C=O) groups is 1. The van der Waals surface area contributed by atoms with E-state index in [-0.39, 0.29) is 5.91 Å². The zero-order valence-corrected chi connectivity index (χ0v) is 12.7. The molecule has 20 heavy (non-hydrogen) atoms. The van der Waals surface area contributed by atoms with E-state index in [0.29, 0.717) is 12.1 Å². The maximum Gasteiger partial charge on any atom is 0.228 e. The fourth-order valence-corrected chi connectivity index (χ4v) is 2.13. The van der Waals surface area contributed by atoms with E-state index in [9.17, 15) is 9.90 Å². The SMILES string of the molecule is C[C@@H](O)c1cccc(NC(=O)Cc2ccc(Br)cc2)c1. The van der Waals surface area contributed by atoms with Gasteiger partial charge in [0.25, 0.3) is 0 Å². The molecule has 0 aliphatic carbocycles. The van der Waals surface area contributed by atoms with Crippen LogP contribution < -0.4 is 5.32 Å². The van der Waals surface area contributed by atoms with Crippen molar-refractivity contribution in [2.24, 2.45) is 0 Å². The van der Waals surface area contributed by atoms with E-state index in [1.807, 2.05) is 42.5 Å². The number of aliphatic hydroxyl groups is 1. The van der Waals surface area contributed by atoms with Crippen molar-refractivity contribution in [2.75, 3.05) is 5.32 Å². The molecule has 0 aromatic heterocycles. The summed E-state index contributed by atoms with van der Waals surface area (Å²) in [4.78, 5) is 12.0. The van der Waals surface area contributed by atoms with Crippen molar-refractivity contribution in [3.8, 4) is 0 Å². The van der Waals surface area contributed by atoms with Crippen molar-refractivity contribution in [1.82, 2.24) is 0 Å². The van der Waals surface area contributed by atoms with Gasteiger partial charge in [-0.1, -0.05) is 40.2 Å². The van der Waals surface area contributed by atoms with E-state index in [1.165, 1.54) is 0 Å². The molecule has 0 radical (unpaired) electrons. The Morgan fingerprint density at radius 2 is 1.95 bits per heavy atom. The summed E-state index contributed by atoms with van der Waals surface area (Å²) in [6.07, 6.45) is -0.218. The molecule has 0 fully saturated rings. The second-order valence-electron chi connectivity index (χ2n) is 4.65. The molecular weight excluding hydrogens is 318 g/mol. The third kappa shape index (κ3) is 4.18. The summed E-state index contributed by atoms with van der Waals surface area (Å²) in [5, 5.41) is 12.4. The number of hydrogen-bond donors (Lipinski definition) is 2. The summed E-state index contributed by atoms with van der Waals surface area (Å²) < 4.78 is 0.992. The Labute approximate surface area is 126 Å². The minimum atomic E-state index is -0.543. The van der Waals surface area contributed by atoms with Gasteiger partial charge in [0.1, 0.15) is 0 Å². The fraction of sp³-hybridized carbons (Fsp3) is 0.188. The van der Waals surface area contributed by atoms with Gasteiger partial charge in [0.05, 0.1) is 12.5 Å². The molecule has 1 atom stereocenters. The summed E-state index contributed by atoms with van der Waals surface area (Å²) in [5.74, 6) is -0.0740. The zero-order chi connectivity index (χ0) is 14.5. The summed E-state index contributed by atoms with van der Waals surface area (Å²) in [6, 6.07) is 14.9. The predicted molar refractivity (Wildman–Crippen MR) is 83.6 cm³/mol. The van der Waals surface area contributed by atoms with Crippen LogP contribution in [0.4, 0.5) is 5.69 Å². The Morgan fingerprint density at radius 1 is 1.25 bits per heavy atom. The zero-order valence-electron chi connectivity index (χ0n) is 11.1. The molecule has 2 aromatic rings. The molecule has 2 N–H and O–H groups in total. The van der Waals surface area contributed by atoms with Gasteiger partial charge in [0.2, 0.25) is 5.91 Å². The van der Waals surface area contributed by atoms with Crippen molar-refractivity contribution in [3.05, 3.63) is 64.1 Å². The van der Waals surface area contributed by atoms with Crippen molar-refractivity contribution in [1.29, 1.82) is 0 Å². The van der Waals surface area contributed by atoms with Crippen LogP contribution in [0.15, 0.2) is 53.0 Å². The molecule has 4 heteroatoms. The Bertz CT molecular complexity index is 594. The van der Waals surface area contributed by atoms with Crippen molar-refractivity contribution in [3.63, 3.8) is 0 Å². The van der Waals surface area contributed by atoms with Crippen LogP contribution in [-0.2, 0) is 11.2 Å². The van der Waals surface area contributed by atoms with Crippen molar-refractivity contribution in [2.45, 2.75) is 19.4 Å². The smallest absolute Gasteiger partial charge is 0.228 e. The molecule has 0 saturated carbocycles. The molecule has 0 aliphatic rings. The molecule has 1 amide bonds. The molecule has 0 heterocycles. The molecule has 2 aromatic carbocycles. The van der Waals surface area contributed by atoms with Crippen molar-refractivity contribution >= 4 is 27.5 Å². The Morgan fingerprint density at radius 3 is 2.60 bits per heavy atom. The Kier molecular flexibility index (Phi) is 4.93. The van der Waals surface area contributed by atoms with Crippen LogP contribution in [0.5, 0.6) is 0 Å². The third-order valence-corrected chi connectivity index (χ3v) is 3.46. The number of anilines is 1. The highest BCUT2D eigenvalue weighted by molar-refractivity contribution is 9.10. The average Bonchev–Trinajstić information content (AvgIpc) is 2.41. The standard InChI is InChI=1S/C16H16BrNO2/c1-11(19)13-3-2-4-15(10-13)18-16(20)9-12-5-7-14(17)8-6-12/h2-8,10-11,19H,9H2,1H3,(H,18,20)/t11-/m1/s1. The number of hydrogen-bond acceptors (Lipinski definition) is 2. The lowest BCUT2D eigenvalue weighted by Crippen LogP contribution is -2.14. The first-order valence-corrected chi connectivity index (χ1v) is 7.16. The van der Waals surface area contributed by atoms with Gasteiger partial charge in [-0.15, -0.1) is 0 Å². The summed E-state index contributed by atoms with van der Waals surface area (Å²) in [7, 11) is 0. The molecule has 0 saturated heterocycles. The molecule has 0 spiro atoms. The van der Waals surface area contributed by atoms with Gasteiger partial charge in [0.15, 0.2) is 0 Å². The molecule has 0 aliphatic heterocycles. The number of carbonyl (C=O) groups excluding carboxylic acids is 1. The summed E-state index contributed by atoms with van der Waals surface area (Å²) in [6.45, 7) is 1.70. The van der Waals surface area contributed by atoms with E-state index >= 15 is 0 Å². The molecule has 0 unspecified atom stereocenters. The van der Waals surface area contributed by atoms with Gasteiger partial charge >= 0.3 is 0 Å². The topological polar surface area (TPSA) is 49.3 Å². The second kappa shape index (κ2) is 6.68. The van der Waals surface area contributed by atoms with Crippen LogP contribution in [0.25, 0.3) is 0 Å². The van der Waals surface area contributed by atoms with E-state index in [2.05, 4.69) is 21.2 Å². The largest absolute Gasteiger partial charge is 0.389 e. The Balaban J connectivity index is 2.01. The lowest BCUT2D eigenvalue weighted by atomic mass is 10.1. The fourth-order valence-electron chi connectivity index (χ4n) is 1.87. The van der Waals surface area contributed by atoms with Crippen molar-refractivity contribution < 1.29 is 9.90 Å². The lowest BCUT2D eigenvalue weighted by Gasteiger charge is -2.09. The lowest BCUT2D eigenvalue weighted by molar-refractivity contribution is -0.115. The minimum Gasteiger partial charge on any atom is -0.389 e. The molecule has 104 valence electrons. The third-order valence-electron chi connectivity index (χ3n) is 2.93. The maximum absolute atomic E-state index is 12.0. The highest BCUT2D eigenvalue weighted by Crippen LogP contribution is 2.17. The minimum absolute atomic E-state index is 0.0740. The monoisotopic (exact) mass is 333 g/mol. The van der Waals surface area contributed by atoms with Crippen LogP contribution in [-0.4, -0.2) is 11.0 Å². The number of benzene rings is 2. The van der Waals surface area contributed by atoms with Crippen LogP contribution in [0.1, 0.15) is 24.2 Å². The van der Waals surface area contributed by atoms with Gasteiger partial charge in [-0.25, -0.2) is 0 Å². The van der Waals surface area contributed by atoms with Gasteiger partial charge < -0.3 is 10.4 Å². The first-order valence-electron chi connectivity index (χ1n) is 6.37. The highest BCUT2D eigenvalue weighted by atomic mass is 79.9.